The SMILES string of the molecule is CCCNC(Cc1cncs1)c1ccc(Br)c(C)c1. The van der Waals surface area contributed by atoms with Crippen LogP contribution in [0.5, 0.6) is 0 Å². The number of hydrogen-bond acceptors (Lipinski definition) is 3. The molecule has 0 saturated heterocycles. The van der Waals surface area contributed by atoms with E-state index in [2.05, 4.69) is 58.3 Å². The summed E-state index contributed by atoms with van der Waals surface area (Å²) in [6.45, 7) is 5.37. The van der Waals surface area contributed by atoms with Gasteiger partial charge in [0.25, 0.3) is 0 Å². The Balaban J connectivity index is 2.18. The lowest BCUT2D eigenvalue weighted by atomic mass is 10.0. The van der Waals surface area contributed by atoms with Gasteiger partial charge < -0.3 is 5.32 Å². The van der Waals surface area contributed by atoms with Crippen molar-refractivity contribution in [2.75, 3.05) is 6.54 Å². The van der Waals surface area contributed by atoms with Gasteiger partial charge >= 0.3 is 0 Å². The summed E-state index contributed by atoms with van der Waals surface area (Å²) >= 11 is 5.29. The lowest BCUT2D eigenvalue weighted by molar-refractivity contribution is 0.531. The molecule has 1 aromatic carbocycles. The van der Waals surface area contributed by atoms with Crippen molar-refractivity contribution in [3.8, 4) is 0 Å². The number of hydrogen-bond donors (Lipinski definition) is 1. The maximum absolute atomic E-state index is 4.16. The highest BCUT2D eigenvalue weighted by molar-refractivity contribution is 9.10. The van der Waals surface area contributed by atoms with E-state index in [1.165, 1.54) is 20.5 Å². The Morgan fingerprint density at radius 2 is 2.26 bits per heavy atom. The van der Waals surface area contributed by atoms with E-state index >= 15 is 0 Å². The van der Waals surface area contributed by atoms with Crippen LogP contribution in [0, 0.1) is 6.92 Å². The summed E-state index contributed by atoms with van der Waals surface area (Å²) < 4.78 is 1.17. The fourth-order valence-corrected chi connectivity index (χ4v) is 2.94. The summed E-state index contributed by atoms with van der Waals surface area (Å²) in [5.41, 5.74) is 4.53. The van der Waals surface area contributed by atoms with E-state index in [-0.39, 0.29) is 0 Å². The van der Waals surface area contributed by atoms with E-state index in [1.54, 1.807) is 11.3 Å². The van der Waals surface area contributed by atoms with Gasteiger partial charge in [-0.25, -0.2) is 0 Å². The molecule has 0 fully saturated rings. The van der Waals surface area contributed by atoms with Crippen molar-refractivity contribution < 1.29 is 0 Å². The smallest absolute Gasteiger partial charge is 0.0794 e. The second kappa shape index (κ2) is 7.17. The van der Waals surface area contributed by atoms with Crippen molar-refractivity contribution in [2.45, 2.75) is 32.7 Å². The highest BCUT2D eigenvalue weighted by atomic mass is 79.9. The minimum Gasteiger partial charge on any atom is -0.310 e. The maximum Gasteiger partial charge on any atom is 0.0794 e. The van der Waals surface area contributed by atoms with E-state index < -0.39 is 0 Å². The summed E-state index contributed by atoms with van der Waals surface area (Å²) in [5, 5.41) is 3.63. The number of aryl methyl sites for hydroxylation is 1. The Hall–Kier alpha value is -0.710. The van der Waals surface area contributed by atoms with Crippen LogP contribution in [0.3, 0.4) is 0 Å². The highest BCUT2D eigenvalue weighted by Gasteiger charge is 2.13. The van der Waals surface area contributed by atoms with E-state index in [9.17, 15) is 0 Å². The molecule has 0 amide bonds. The molecule has 1 heterocycles. The monoisotopic (exact) mass is 338 g/mol. The van der Waals surface area contributed by atoms with Crippen molar-refractivity contribution in [1.82, 2.24) is 10.3 Å². The van der Waals surface area contributed by atoms with Crippen molar-refractivity contribution in [3.63, 3.8) is 0 Å². The Kier molecular flexibility index (Phi) is 5.55. The normalized spacial score (nSPS) is 12.6. The highest BCUT2D eigenvalue weighted by Crippen LogP contribution is 2.24. The molecule has 0 aliphatic heterocycles. The minimum atomic E-state index is 0.368. The molecular formula is C15H19BrN2S. The van der Waals surface area contributed by atoms with Gasteiger partial charge in [-0.15, -0.1) is 11.3 Å². The summed E-state index contributed by atoms with van der Waals surface area (Å²) in [7, 11) is 0. The molecule has 1 aromatic heterocycles. The van der Waals surface area contributed by atoms with Gasteiger partial charge in [0.1, 0.15) is 0 Å². The first kappa shape index (κ1) is 14.7. The quantitative estimate of drug-likeness (QED) is 0.838. The van der Waals surface area contributed by atoms with Gasteiger partial charge in [-0.1, -0.05) is 35.0 Å². The number of aromatic nitrogens is 1. The molecule has 2 aromatic rings. The number of thiazole rings is 1. The lowest BCUT2D eigenvalue weighted by Crippen LogP contribution is -2.23. The molecule has 2 nitrogen and oxygen atoms in total. The van der Waals surface area contributed by atoms with Crippen LogP contribution in [0.15, 0.2) is 34.4 Å². The van der Waals surface area contributed by atoms with Crippen LogP contribution in [-0.4, -0.2) is 11.5 Å². The number of nitrogens with zero attached hydrogens (tertiary/aromatic N) is 1. The van der Waals surface area contributed by atoms with Gasteiger partial charge in [0.05, 0.1) is 5.51 Å². The zero-order chi connectivity index (χ0) is 13.7. The minimum absolute atomic E-state index is 0.368. The van der Waals surface area contributed by atoms with E-state index in [4.69, 9.17) is 0 Å². The van der Waals surface area contributed by atoms with Gasteiger partial charge in [0.15, 0.2) is 0 Å². The van der Waals surface area contributed by atoms with Crippen LogP contribution in [0.1, 0.15) is 35.4 Å². The van der Waals surface area contributed by atoms with Gasteiger partial charge in [-0.2, -0.15) is 0 Å². The molecule has 102 valence electrons. The van der Waals surface area contributed by atoms with Crippen LogP contribution in [0.2, 0.25) is 0 Å². The molecule has 4 heteroatoms. The predicted molar refractivity (Wildman–Crippen MR) is 85.7 cm³/mol. The molecular weight excluding hydrogens is 320 g/mol. The molecule has 1 atom stereocenters. The molecule has 2 rings (SSSR count). The maximum atomic E-state index is 4.16. The standard InChI is InChI=1S/C15H19BrN2S/c1-3-6-18-15(8-13-9-17-10-19-13)12-4-5-14(16)11(2)7-12/h4-5,7,9-10,15,18H,3,6,8H2,1-2H3. The van der Waals surface area contributed by atoms with E-state index in [1.807, 2.05) is 11.7 Å². The van der Waals surface area contributed by atoms with Crippen LogP contribution in [-0.2, 0) is 6.42 Å². The number of halogens is 1. The third-order valence-electron chi connectivity index (χ3n) is 3.11. The van der Waals surface area contributed by atoms with Crippen molar-refractivity contribution in [1.29, 1.82) is 0 Å². The Labute approximate surface area is 127 Å². The van der Waals surface area contributed by atoms with Crippen LogP contribution in [0.4, 0.5) is 0 Å². The van der Waals surface area contributed by atoms with Crippen molar-refractivity contribution in [2.24, 2.45) is 0 Å². The van der Waals surface area contributed by atoms with Gasteiger partial charge in [-0.3, -0.25) is 4.98 Å². The Bertz CT molecular complexity index is 511. The third-order valence-corrected chi connectivity index (χ3v) is 4.81. The van der Waals surface area contributed by atoms with Gasteiger partial charge in [0, 0.05) is 28.0 Å². The topological polar surface area (TPSA) is 24.9 Å². The molecule has 0 bridgehead atoms. The third kappa shape index (κ3) is 4.13. The first-order valence-corrected chi connectivity index (χ1v) is 8.24. The first-order chi connectivity index (χ1) is 9.20. The van der Waals surface area contributed by atoms with Crippen molar-refractivity contribution in [3.05, 3.63) is 50.4 Å². The second-order valence-corrected chi connectivity index (χ2v) is 6.51. The molecule has 19 heavy (non-hydrogen) atoms. The van der Waals surface area contributed by atoms with Gasteiger partial charge in [-0.05, 0) is 37.1 Å². The molecule has 0 saturated carbocycles. The zero-order valence-corrected chi connectivity index (χ0v) is 13.7. The van der Waals surface area contributed by atoms with E-state index in [0.717, 1.165) is 19.4 Å². The first-order valence-electron chi connectivity index (χ1n) is 6.57. The number of benzene rings is 1. The largest absolute Gasteiger partial charge is 0.310 e. The lowest BCUT2D eigenvalue weighted by Gasteiger charge is -2.19. The van der Waals surface area contributed by atoms with Crippen LogP contribution in [0.25, 0.3) is 0 Å². The average molecular weight is 339 g/mol. The Morgan fingerprint density at radius 1 is 1.42 bits per heavy atom. The molecule has 0 radical (unpaired) electrons. The van der Waals surface area contributed by atoms with Crippen LogP contribution < -0.4 is 5.32 Å². The summed E-state index contributed by atoms with van der Waals surface area (Å²) in [6.07, 6.45) is 4.12. The Morgan fingerprint density at radius 3 is 2.89 bits per heavy atom. The molecule has 0 aliphatic carbocycles. The molecule has 0 aliphatic rings. The molecule has 0 spiro atoms. The summed E-state index contributed by atoms with van der Waals surface area (Å²) in [6, 6.07) is 6.97. The summed E-state index contributed by atoms with van der Waals surface area (Å²) in [5.74, 6) is 0. The number of rotatable bonds is 6. The van der Waals surface area contributed by atoms with Gasteiger partial charge in [0.2, 0.25) is 0 Å². The van der Waals surface area contributed by atoms with Crippen LogP contribution >= 0.6 is 27.3 Å². The molecule has 1 unspecified atom stereocenters. The molecule has 1 N–H and O–H groups in total. The fraction of sp³-hybridized carbons (Fsp3) is 0.400. The van der Waals surface area contributed by atoms with Crippen molar-refractivity contribution >= 4 is 27.3 Å². The second-order valence-electron chi connectivity index (χ2n) is 4.69. The summed E-state index contributed by atoms with van der Waals surface area (Å²) in [4.78, 5) is 5.49. The number of nitrogens with one attached hydrogen (secondary N) is 1. The zero-order valence-electron chi connectivity index (χ0n) is 11.3. The van der Waals surface area contributed by atoms with E-state index in [0.29, 0.717) is 6.04 Å². The predicted octanol–water partition coefficient (Wildman–Crippen LogP) is 4.50. The fourth-order valence-electron chi connectivity index (χ4n) is 2.06. The average Bonchev–Trinajstić information content (AvgIpc) is 2.91.